The first-order valence-corrected chi connectivity index (χ1v) is 5.73. The normalized spacial score (nSPS) is 10.9. The van der Waals surface area contributed by atoms with Gasteiger partial charge in [-0.1, -0.05) is 42.0 Å². The molecule has 0 fully saturated rings. The molecule has 1 aromatic heterocycles. The van der Waals surface area contributed by atoms with Crippen molar-refractivity contribution in [2.24, 2.45) is 7.05 Å². The molecule has 0 N–H and O–H groups in total. The van der Waals surface area contributed by atoms with Crippen molar-refractivity contribution in [2.75, 3.05) is 0 Å². The molecule has 17 heavy (non-hydrogen) atoms. The first-order valence-electron chi connectivity index (χ1n) is 5.73. The molecule has 0 aliphatic heterocycles. The fraction of sp³-hybridized carbons (Fsp3) is 0.133. The van der Waals surface area contributed by atoms with E-state index in [-0.39, 0.29) is 0 Å². The molecular weight excluding hydrogens is 208 g/mol. The largest absolute Gasteiger partial charge is 0.268 e. The van der Waals surface area contributed by atoms with E-state index < -0.39 is 0 Å². The maximum absolute atomic E-state index is 4.26. The van der Waals surface area contributed by atoms with Crippen LogP contribution >= 0.6 is 0 Å². The number of aromatic nitrogens is 2. The average Bonchev–Trinajstić information content (AvgIpc) is 2.71. The van der Waals surface area contributed by atoms with Gasteiger partial charge in [0.2, 0.25) is 0 Å². The van der Waals surface area contributed by atoms with Gasteiger partial charge in [0.25, 0.3) is 0 Å². The van der Waals surface area contributed by atoms with Crippen LogP contribution in [0, 0.1) is 6.92 Å². The molecule has 1 heterocycles. The number of fused-ring (bicyclic) bond motifs is 1. The first-order chi connectivity index (χ1) is 8.24. The average molecular weight is 222 g/mol. The standard InChI is InChI=1S/C15H14N2/c1-11-4-3-5-12(8-11)13-6-7-14-10-16-17(2)15(14)9-13/h3-10H,1-2H3. The molecule has 2 nitrogen and oxygen atoms in total. The van der Waals surface area contributed by atoms with Crippen molar-refractivity contribution in [1.82, 2.24) is 9.78 Å². The van der Waals surface area contributed by atoms with Gasteiger partial charge in [0, 0.05) is 12.4 Å². The highest BCUT2D eigenvalue weighted by molar-refractivity contribution is 5.84. The first kappa shape index (κ1) is 10.1. The van der Waals surface area contributed by atoms with Crippen molar-refractivity contribution in [3.63, 3.8) is 0 Å². The number of hydrogen-bond acceptors (Lipinski definition) is 1. The Bertz CT molecular complexity index is 680. The van der Waals surface area contributed by atoms with E-state index in [1.54, 1.807) is 0 Å². The molecular formula is C15H14N2. The van der Waals surface area contributed by atoms with Crippen molar-refractivity contribution >= 4 is 10.9 Å². The summed E-state index contributed by atoms with van der Waals surface area (Å²) >= 11 is 0. The number of hydrogen-bond donors (Lipinski definition) is 0. The monoisotopic (exact) mass is 222 g/mol. The Morgan fingerprint density at radius 3 is 2.65 bits per heavy atom. The van der Waals surface area contributed by atoms with Crippen LogP contribution < -0.4 is 0 Å². The lowest BCUT2D eigenvalue weighted by molar-refractivity contribution is 0.797. The molecule has 84 valence electrons. The van der Waals surface area contributed by atoms with Gasteiger partial charge < -0.3 is 0 Å². The van der Waals surface area contributed by atoms with E-state index in [4.69, 9.17) is 0 Å². The molecule has 0 bridgehead atoms. The Hall–Kier alpha value is -2.09. The van der Waals surface area contributed by atoms with Crippen molar-refractivity contribution < 1.29 is 0 Å². The molecule has 0 saturated heterocycles. The van der Waals surface area contributed by atoms with Crippen LogP contribution in [0.15, 0.2) is 48.7 Å². The summed E-state index contributed by atoms with van der Waals surface area (Å²) in [7, 11) is 1.97. The Morgan fingerprint density at radius 2 is 1.82 bits per heavy atom. The maximum atomic E-state index is 4.26. The molecule has 0 atom stereocenters. The third-order valence-electron chi connectivity index (χ3n) is 3.10. The zero-order valence-electron chi connectivity index (χ0n) is 10.0. The minimum absolute atomic E-state index is 1.17. The summed E-state index contributed by atoms with van der Waals surface area (Å²) < 4.78 is 1.91. The molecule has 0 saturated carbocycles. The van der Waals surface area contributed by atoms with Gasteiger partial charge in [0.05, 0.1) is 11.7 Å². The van der Waals surface area contributed by atoms with Gasteiger partial charge in [0.1, 0.15) is 0 Å². The highest BCUT2D eigenvalue weighted by Gasteiger charge is 2.02. The molecule has 0 aliphatic rings. The molecule has 0 radical (unpaired) electrons. The predicted molar refractivity (Wildman–Crippen MR) is 70.9 cm³/mol. The van der Waals surface area contributed by atoms with E-state index in [1.165, 1.54) is 27.6 Å². The van der Waals surface area contributed by atoms with E-state index in [2.05, 4.69) is 54.5 Å². The summed E-state index contributed by atoms with van der Waals surface area (Å²) in [5, 5.41) is 5.45. The van der Waals surface area contributed by atoms with Crippen molar-refractivity contribution in [3.8, 4) is 11.1 Å². The molecule has 0 spiro atoms. The molecule has 0 aliphatic carbocycles. The Balaban J connectivity index is 2.20. The lowest BCUT2D eigenvalue weighted by Gasteiger charge is -2.04. The Labute approximate surface area is 101 Å². The fourth-order valence-electron chi connectivity index (χ4n) is 2.15. The van der Waals surface area contributed by atoms with Crippen LogP contribution in [0.4, 0.5) is 0 Å². The summed E-state index contributed by atoms with van der Waals surface area (Å²) in [6.45, 7) is 2.12. The second kappa shape index (κ2) is 3.74. The van der Waals surface area contributed by atoms with Crippen LogP contribution in [0.1, 0.15) is 5.56 Å². The molecule has 3 aromatic rings. The number of nitrogens with zero attached hydrogens (tertiary/aromatic N) is 2. The minimum Gasteiger partial charge on any atom is -0.268 e. The number of benzene rings is 2. The molecule has 2 heteroatoms. The third kappa shape index (κ3) is 1.72. The third-order valence-corrected chi connectivity index (χ3v) is 3.10. The van der Waals surface area contributed by atoms with Gasteiger partial charge in [-0.25, -0.2) is 0 Å². The van der Waals surface area contributed by atoms with E-state index in [0.717, 1.165) is 0 Å². The van der Waals surface area contributed by atoms with Crippen LogP contribution in [0.5, 0.6) is 0 Å². The Morgan fingerprint density at radius 1 is 1.00 bits per heavy atom. The second-order valence-corrected chi connectivity index (χ2v) is 4.41. The number of aryl methyl sites for hydroxylation is 2. The van der Waals surface area contributed by atoms with Crippen molar-refractivity contribution in [3.05, 3.63) is 54.2 Å². The minimum atomic E-state index is 1.17. The van der Waals surface area contributed by atoms with Gasteiger partial charge in [-0.2, -0.15) is 5.10 Å². The predicted octanol–water partition coefficient (Wildman–Crippen LogP) is 3.55. The van der Waals surface area contributed by atoms with Gasteiger partial charge >= 0.3 is 0 Å². The van der Waals surface area contributed by atoms with Gasteiger partial charge in [0.15, 0.2) is 0 Å². The lowest BCUT2D eigenvalue weighted by Crippen LogP contribution is -1.89. The SMILES string of the molecule is Cc1cccc(-c2ccc3cnn(C)c3c2)c1. The summed E-state index contributed by atoms with van der Waals surface area (Å²) in [6.07, 6.45) is 1.90. The zero-order valence-corrected chi connectivity index (χ0v) is 10.0. The topological polar surface area (TPSA) is 17.8 Å². The van der Waals surface area contributed by atoms with Crippen LogP contribution in [0.2, 0.25) is 0 Å². The van der Waals surface area contributed by atoms with Gasteiger partial charge in [-0.3, -0.25) is 4.68 Å². The van der Waals surface area contributed by atoms with Crippen LogP contribution in [-0.4, -0.2) is 9.78 Å². The van der Waals surface area contributed by atoms with Crippen LogP contribution in [0.25, 0.3) is 22.0 Å². The zero-order chi connectivity index (χ0) is 11.8. The van der Waals surface area contributed by atoms with Gasteiger partial charge in [-0.15, -0.1) is 0 Å². The van der Waals surface area contributed by atoms with Crippen LogP contribution in [-0.2, 0) is 7.05 Å². The van der Waals surface area contributed by atoms with E-state index in [0.29, 0.717) is 0 Å². The quantitative estimate of drug-likeness (QED) is 0.615. The molecule has 2 aromatic carbocycles. The maximum Gasteiger partial charge on any atom is 0.0685 e. The van der Waals surface area contributed by atoms with Crippen LogP contribution in [0.3, 0.4) is 0 Å². The molecule has 3 rings (SSSR count). The lowest BCUT2D eigenvalue weighted by atomic mass is 10.0. The summed E-state index contributed by atoms with van der Waals surface area (Å²) in [5.74, 6) is 0. The molecule has 0 amide bonds. The summed E-state index contributed by atoms with van der Waals surface area (Å²) in [6, 6.07) is 15.0. The van der Waals surface area contributed by atoms with Crippen molar-refractivity contribution in [1.29, 1.82) is 0 Å². The summed E-state index contributed by atoms with van der Waals surface area (Å²) in [5.41, 5.74) is 4.95. The fourth-order valence-corrected chi connectivity index (χ4v) is 2.15. The Kier molecular flexibility index (Phi) is 2.22. The number of rotatable bonds is 1. The van der Waals surface area contributed by atoms with Crippen molar-refractivity contribution in [2.45, 2.75) is 6.92 Å². The van der Waals surface area contributed by atoms with E-state index >= 15 is 0 Å². The second-order valence-electron chi connectivity index (χ2n) is 4.41. The highest BCUT2D eigenvalue weighted by Crippen LogP contribution is 2.24. The van der Waals surface area contributed by atoms with Gasteiger partial charge in [-0.05, 0) is 24.1 Å². The van der Waals surface area contributed by atoms with E-state index in [9.17, 15) is 0 Å². The summed E-state index contributed by atoms with van der Waals surface area (Å²) in [4.78, 5) is 0. The molecule has 0 unspecified atom stereocenters. The van der Waals surface area contributed by atoms with E-state index in [1.807, 2.05) is 17.9 Å². The highest BCUT2D eigenvalue weighted by atomic mass is 15.2. The smallest absolute Gasteiger partial charge is 0.0685 e.